The van der Waals surface area contributed by atoms with Gasteiger partial charge in [0.25, 0.3) is 0 Å². The third-order valence-corrected chi connectivity index (χ3v) is 4.90. The number of hydrogen-bond donors (Lipinski definition) is 2. The summed E-state index contributed by atoms with van der Waals surface area (Å²) >= 11 is 0. The molecule has 1 atom stereocenters. The molecule has 1 saturated heterocycles. The fraction of sp³-hybridized carbons (Fsp3) is 0.333. The molecule has 1 aromatic carbocycles. The van der Waals surface area contributed by atoms with Crippen molar-refractivity contribution in [3.05, 3.63) is 53.9 Å². The molecule has 0 saturated carbocycles. The highest BCUT2D eigenvalue weighted by atomic mass is 19.4. The molecule has 0 spiro atoms. The maximum atomic E-state index is 10.6. The minimum absolute atomic E-state index is 0.193. The van der Waals surface area contributed by atoms with Gasteiger partial charge in [-0.15, -0.1) is 0 Å². The molecule has 168 valence electrons. The number of piperidine rings is 1. The molecule has 0 aliphatic carbocycles. The molecule has 8 nitrogen and oxygen atoms in total. The number of pyridine rings is 1. The zero-order valence-electron chi connectivity index (χ0n) is 17.0. The zero-order chi connectivity index (χ0) is 23.3. The minimum Gasteiger partial charge on any atom is -0.475 e. The maximum absolute atomic E-state index is 10.6. The number of carbonyl (C=O) groups is 1. The van der Waals surface area contributed by atoms with Crippen molar-refractivity contribution >= 4 is 23.0 Å². The fourth-order valence-electron chi connectivity index (χ4n) is 3.42. The van der Waals surface area contributed by atoms with Crippen molar-refractivity contribution in [2.45, 2.75) is 31.6 Å². The van der Waals surface area contributed by atoms with Crippen LogP contribution in [-0.4, -0.2) is 50.9 Å². The lowest BCUT2D eigenvalue weighted by molar-refractivity contribution is -0.192. The number of alkyl halides is 3. The highest BCUT2D eigenvalue weighted by Crippen LogP contribution is 2.26. The number of halogens is 3. The SMILES string of the molecule is N#Cc1ccc(Cn2c(N3CCC[C@@H](N)C3)nc3ccccc32)cn1.O=C(O)C(F)(F)F. The number of nitrogens with zero attached hydrogens (tertiary/aromatic N) is 5. The van der Waals surface area contributed by atoms with Gasteiger partial charge in [0.15, 0.2) is 0 Å². The zero-order valence-corrected chi connectivity index (χ0v) is 17.0. The van der Waals surface area contributed by atoms with Crippen LogP contribution in [0.1, 0.15) is 24.1 Å². The van der Waals surface area contributed by atoms with Gasteiger partial charge >= 0.3 is 12.1 Å². The second-order valence-electron chi connectivity index (χ2n) is 7.30. The molecule has 0 bridgehead atoms. The Balaban J connectivity index is 0.000000360. The van der Waals surface area contributed by atoms with Crippen LogP contribution in [0.2, 0.25) is 0 Å². The number of anilines is 1. The standard InChI is InChI=1S/C19H20N6.C2HF3O2/c20-10-16-8-7-14(11-22-16)12-25-18-6-2-1-5-17(18)23-19(25)24-9-3-4-15(21)13-24;3-2(4,5)1(6)7/h1-2,5-8,11,15H,3-4,9,12-13,21H2;(H,6,7)/t15-;/m1./s1. The number of carboxylic acids is 1. The first kappa shape index (κ1) is 23.0. The van der Waals surface area contributed by atoms with Gasteiger partial charge in [-0.05, 0) is 36.6 Å². The molecule has 4 rings (SSSR count). The molecule has 3 N–H and O–H groups in total. The van der Waals surface area contributed by atoms with E-state index >= 15 is 0 Å². The van der Waals surface area contributed by atoms with E-state index in [1.54, 1.807) is 12.3 Å². The van der Waals surface area contributed by atoms with Gasteiger partial charge in [-0.1, -0.05) is 18.2 Å². The number of imidazole rings is 1. The van der Waals surface area contributed by atoms with Crippen molar-refractivity contribution in [1.82, 2.24) is 14.5 Å². The van der Waals surface area contributed by atoms with E-state index in [1.807, 2.05) is 24.3 Å². The second kappa shape index (κ2) is 9.65. The number of aliphatic carboxylic acids is 1. The number of para-hydroxylation sites is 2. The molecule has 2 aromatic heterocycles. The van der Waals surface area contributed by atoms with Gasteiger partial charge in [-0.3, -0.25) is 0 Å². The van der Waals surface area contributed by atoms with E-state index < -0.39 is 12.1 Å². The number of nitriles is 1. The average molecular weight is 446 g/mol. The summed E-state index contributed by atoms with van der Waals surface area (Å²) in [6.45, 7) is 2.47. The fourth-order valence-corrected chi connectivity index (χ4v) is 3.42. The van der Waals surface area contributed by atoms with Crippen molar-refractivity contribution < 1.29 is 23.1 Å². The molecule has 0 radical (unpaired) electrons. The normalized spacial score (nSPS) is 16.2. The first-order valence-electron chi connectivity index (χ1n) is 9.80. The van der Waals surface area contributed by atoms with Crippen LogP contribution in [0, 0.1) is 11.3 Å². The first-order chi connectivity index (χ1) is 15.2. The molecule has 3 aromatic rings. The predicted molar refractivity (Wildman–Crippen MR) is 111 cm³/mol. The van der Waals surface area contributed by atoms with Crippen LogP contribution in [0.5, 0.6) is 0 Å². The Labute approximate surface area is 181 Å². The van der Waals surface area contributed by atoms with Crippen LogP contribution in [0.3, 0.4) is 0 Å². The molecule has 0 unspecified atom stereocenters. The summed E-state index contributed by atoms with van der Waals surface area (Å²) < 4.78 is 34.0. The Hall–Kier alpha value is -3.65. The van der Waals surface area contributed by atoms with Gasteiger partial charge < -0.3 is 20.3 Å². The molecule has 11 heteroatoms. The second-order valence-corrected chi connectivity index (χ2v) is 7.30. The third-order valence-electron chi connectivity index (χ3n) is 4.90. The van der Waals surface area contributed by atoms with E-state index in [9.17, 15) is 13.2 Å². The third kappa shape index (κ3) is 5.53. The molecule has 3 heterocycles. The van der Waals surface area contributed by atoms with Gasteiger partial charge in [0.1, 0.15) is 11.8 Å². The minimum atomic E-state index is -5.08. The summed E-state index contributed by atoms with van der Waals surface area (Å²) in [6, 6.07) is 14.1. The summed E-state index contributed by atoms with van der Waals surface area (Å²) in [5.41, 5.74) is 9.73. The summed E-state index contributed by atoms with van der Waals surface area (Å²) in [6.07, 6.45) is -1.17. The smallest absolute Gasteiger partial charge is 0.475 e. The van der Waals surface area contributed by atoms with E-state index in [-0.39, 0.29) is 6.04 Å². The van der Waals surface area contributed by atoms with Gasteiger partial charge in [0.2, 0.25) is 5.95 Å². The molecular weight excluding hydrogens is 425 g/mol. The van der Waals surface area contributed by atoms with Crippen molar-refractivity contribution in [2.24, 2.45) is 5.73 Å². The molecule has 1 aliphatic heterocycles. The molecule has 1 aliphatic rings. The van der Waals surface area contributed by atoms with Crippen LogP contribution in [-0.2, 0) is 11.3 Å². The first-order valence-corrected chi connectivity index (χ1v) is 9.80. The van der Waals surface area contributed by atoms with Crippen molar-refractivity contribution in [2.75, 3.05) is 18.0 Å². The number of carboxylic acid groups (broad SMARTS) is 1. The van der Waals surface area contributed by atoms with E-state index in [4.69, 9.17) is 25.9 Å². The largest absolute Gasteiger partial charge is 0.490 e. The Kier molecular flexibility index (Phi) is 6.95. The summed E-state index contributed by atoms with van der Waals surface area (Å²) in [5, 5.41) is 16.0. The summed E-state index contributed by atoms with van der Waals surface area (Å²) in [5.74, 6) is -1.80. The van der Waals surface area contributed by atoms with Crippen LogP contribution >= 0.6 is 0 Å². The van der Waals surface area contributed by atoms with Gasteiger partial charge in [0.05, 0.1) is 17.6 Å². The van der Waals surface area contributed by atoms with Crippen LogP contribution in [0.15, 0.2) is 42.6 Å². The highest BCUT2D eigenvalue weighted by Gasteiger charge is 2.38. The number of benzene rings is 1. The van der Waals surface area contributed by atoms with E-state index in [1.165, 1.54) is 0 Å². The lowest BCUT2D eigenvalue weighted by Gasteiger charge is -2.32. The highest BCUT2D eigenvalue weighted by molar-refractivity contribution is 5.79. The summed E-state index contributed by atoms with van der Waals surface area (Å²) in [4.78, 5) is 20.2. The number of rotatable bonds is 3. The van der Waals surface area contributed by atoms with E-state index in [0.717, 1.165) is 48.5 Å². The number of hydrogen-bond acceptors (Lipinski definition) is 6. The number of aromatic nitrogens is 3. The lowest BCUT2D eigenvalue weighted by Crippen LogP contribution is -2.44. The lowest BCUT2D eigenvalue weighted by atomic mass is 10.1. The molecule has 32 heavy (non-hydrogen) atoms. The predicted octanol–water partition coefficient (Wildman–Crippen LogP) is 2.91. The molecule has 0 amide bonds. The van der Waals surface area contributed by atoms with E-state index in [0.29, 0.717) is 12.2 Å². The van der Waals surface area contributed by atoms with Crippen LogP contribution < -0.4 is 10.6 Å². The number of fused-ring (bicyclic) bond motifs is 1. The van der Waals surface area contributed by atoms with Gasteiger partial charge in [-0.25, -0.2) is 14.8 Å². The van der Waals surface area contributed by atoms with Gasteiger partial charge in [-0.2, -0.15) is 18.4 Å². The molecule has 1 fully saturated rings. The number of nitrogens with two attached hydrogens (primary N) is 1. The maximum Gasteiger partial charge on any atom is 0.490 e. The van der Waals surface area contributed by atoms with Crippen molar-refractivity contribution in [3.8, 4) is 6.07 Å². The van der Waals surface area contributed by atoms with Crippen LogP contribution in [0.25, 0.3) is 11.0 Å². The van der Waals surface area contributed by atoms with Crippen molar-refractivity contribution in [3.63, 3.8) is 0 Å². The Morgan fingerprint density at radius 3 is 2.59 bits per heavy atom. The monoisotopic (exact) mass is 446 g/mol. The topological polar surface area (TPSA) is 121 Å². The Morgan fingerprint density at radius 1 is 1.28 bits per heavy atom. The Morgan fingerprint density at radius 2 is 2.00 bits per heavy atom. The summed E-state index contributed by atoms with van der Waals surface area (Å²) in [7, 11) is 0. The Bertz CT molecular complexity index is 1120. The average Bonchev–Trinajstić information content (AvgIpc) is 3.12. The quantitative estimate of drug-likeness (QED) is 0.634. The molecular formula is C21H21F3N6O2. The van der Waals surface area contributed by atoms with E-state index in [2.05, 4.69) is 26.6 Å². The van der Waals surface area contributed by atoms with Gasteiger partial charge in [0, 0.05) is 25.3 Å². The van der Waals surface area contributed by atoms with Crippen molar-refractivity contribution in [1.29, 1.82) is 5.26 Å². The van der Waals surface area contributed by atoms with Crippen LogP contribution in [0.4, 0.5) is 19.1 Å².